The maximum atomic E-state index is 11.0. The fraction of sp³-hybridized carbons (Fsp3) is 0.538. The summed E-state index contributed by atoms with van der Waals surface area (Å²) in [5.74, 6) is -0.247. The summed E-state index contributed by atoms with van der Waals surface area (Å²) in [5.41, 5.74) is 1.26. The van der Waals surface area contributed by atoms with Crippen LogP contribution in [0.2, 0.25) is 0 Å². The molecule has 88 valence electrons. The van der Waals surface area contributed by atoms with Crippen LogP contribution in [0.15, 0.2) is 24.5 Å². The predicted molar refractivity (Wildman–Crippen MR) is 62.3 cm³/mol. The van der Waals surface area contributed by atoms with Gasteiger partial charge in [-0.15, -0.1) is 0 Å². The van der Waals surface area contributed by atoms with E-state index in [0.717, 1.165) is 6.42 Å². The normalized spacial score (nSPS) is 14.4. The fourth-order valence-corrected chi connectivity index (χ4v) is 1.73. The van der Waals surface area contributed by atoms with Gasteiger partial charge in [0.2, 0.25) is 0 Å². The summed E-state index contributed by atoms with van der Waals surface area (Å²) >= 11 is 0. The molecule has 3 nitrogen and oxygen atoms in total. The van der Waals surface area contributed by atoms with Crippen LogP contribution in [0.4, 0.5) is 0 Å². The monoisotopic (exact) mass is 222 g/mol. The van der Waals surface area contributed by atoms with Crippen molar-refractivity contribution in [2.24, 2.45) is 0 Å². The Hall–Kier alpha value is -1.38. The molecule has 1 N–H and O–H groups in total. The molecule has 0 saturated heterocycles. The zero-order valence-electron chi connectivity index (χ0n) is 10.2. The van der Waals surface area contributed by atoms with Gasteiger partial charge in [-0.25, -0.2) is 4.79 Å². The molecule has 1 aromatic heterocycles. The average Bonchev–Trinajstić information content (AvgIpc) is 2.29. The maximum Gasteiger partial charge on any atom is 0.373 e. The van der Waals surface area contributed by atoms with E-state index in [1.165, 1.54) is 5.56 Å². The van der Waals surface area contributed by atoms with E-state index in [-0.39, 0.29) is 0 Å². The van der Waals surface area contributed by atoms with Crippen molar-refractivity contribution in [3.63, 3.8) is 0 Å². The summed E-state index contributed by atoms with van der Waals surface area (Å²) < 4.78 is 1.76. The lowest BCUT2D eigenvalue weighted by atomic mass is 10.00. The Morgan fingerprint density at radius 3 is 2.25 bits per heavy atom. The van der Waals surface area contributed by atoms with Crippen molar-refractivity contribution in [3.05, 3.63) is 30.1 Å². The molecule has 0 amide bonds. The Morgan fingerprint density at radius 1 is 1.31 bits per heavy atom. The molecule has 0 aromatic carbocycles. The molecular weight excluding hydrogens is 202 g/mol. The summed E-state index contributed by atoms with van der Waals surface area (Å²) in [4.78, 5) is 11.0. The number of carboxylic acid groups (broad SMARTS) is 1. The Labute approximate surface area is 96.7 Å². The third-order valence-corrected chi connectivity index (χ3v) is 3.09. The number of rotatable bonds is 5. The number of aliphatic carboxylic acids is 1. The third-order valence-electron chi connectivity index (χ3n) is 3.09. The molecule has 2 unspecified atom stereocenters. The Morgan fingerprint density at radius 2 is 1.88 bits per heavy atom. The highest BCUT2D eigenvalue weighted by Crippen LogP contribution is 2.16. The Balaban J connectivity index is 2.89. The predicted octanol–water partition coefficient (Wildman–Crippen LogP) is 2.52. The SMILES string of the molecule is CCC(C)c1cc[n+](C(CC)C(=O)O)cc1. The molecule has 1 rings (SSSR count). The molecule has 0 saturated carbocycles. The molecule has 0 aliphatic heterocycles. The molecule has 0 radical (unpaired) electrons. The first-order valence-electron chi connectivity index (χ1n) is 5.83. The molecule has 1 heterocycles. The highest BCUT2D eigenvalue weighted by Gasteiger charge is 2.24. The van der Waals surface area contributed by atoms with Gasteiger partial charge in [0, 0.05) is 18.6 Å². The van der Waals surface area contributed by atoms with Gasteiger partial charge in [0.05, 0.1) is 0 Å². The van der Waals surface area contributed by atoms with E-state index in [1.54, 1.807) is 4.57 Å². The van der Waals surface area contributed by atoms with Crippen LogP contribution >= 0.6 is 0 Å². The van der Waals surface area contributed by atoms with Gasteiger partial charge < -0.3 is 5.11 Å². The zero-order valence-corrected chi connectivity index (χ0v) is 10.2. The summed E-state index contributed by atoms with van der Waals surface area (Å²) in [6.45, 7) is 6.21. The summed E-state index contributed by atoms with van der Waals surface area (Å²) in [5, 5.41) is 9.03. The van der Waals surface area contributed by atoms with Crippen molar-refractivity contribution >= 4 is 5.97 Å². The van der Waals surface area contributed by atoms with Crippen LogP contribution < -0.4 is 4.57 Å². The van der Waals surface area contributed by atoms with E-state index in [0.29, 0.717) is 12.3 Å². The Kier molecular flexibility index (Phi) is 4.47. The first-order chi connectivity index (χ1) is 7.60. The van der Waals surface area contributed by atoms with E-state index < -0.39 is 12.0 Å². The van der Waals surface area contributed by atoms with Gasteiger partial charge in [0.15, 0.2) is 12.4 Å². The van der Waals surface area contributed by atoms with Crippen molar-refractivity contribution in [2.45, 2.75) is 45.6 Å². The number of aromatic nitrogens is 1. The summed E-state index contributed by atoms with van der Waals surface area (Å²) in [7, 11) is 0. The van der Waals surface area contributed by atoms with E-state index in [2.05, 4.69) is 13.8 Å². The molecular formula is C13H20NO2+. The third kappa shape index (κ3) is 2.81. The lowest BCUT2D eigenvalue weighted by molar-refractivity contribution is -0.711. The first kappa shape index (κ1) is 12.7. The minimum atomic E-state index is -0.774. The molecule has 0 aliphatic carbocycles. The van der Waals surface area contributed by atoms with E-state index in [4.69, 9.17) is 5.11 Å². The van der Waals surface area contributed by atoms with Crippen LogP contribution in [0.1, 0.15) is 51.1 Å². The van der Waals surface area contributed by atoms with Crippen LogP contribution in [0, 0.1) is 0 Å². The van der Waals surface area contributed by atoms with Gasteiger partial charge >= 0.3 is 5.97 Å². The number of hydrogen-bond donors (Lipinski definition) is 1. The molecule has 0 aliphatic rings. The lowest BCUT2D eigenvalue weighted by Crippen LogP contribution is -2.43. The maximum absolute atomic E-state index is 11.0. The molecule has 3 heteroatoms. The first-order valence-corrected chi connectivity index (χ1v) is 5.83. The topological polar surface area (TPSA) is 41.2 Å². The van der Waals surface area contributed by atoms with E-state index in [1.807, 2.05) is 31.5 Å². The smallest absolute Gasteiger partial charge is 0.373 e. The number of nitrogens with zero attached hydrogens (tertiary/aromatic N) is 1. The van der Waals surface area contributed by atoms with Crippen LogP contribution in [-0.4, -0.2) is 11.1 Å². The largest absolute Gasteiger partial charge is 0.476 e. The molecule has 0 bridgehead atoms. The number of pyridine rings is 1. The number of carbonyl (C=O) groups is 1. The van der Waals surface area contributed by atoms with E-state index >= 15 is 0 Å². The average molecular weight is 222 g/mol. The number of carboxylic acids is 1. The van der Waals surface area contributed by atoms with Gasteiger partial charge in [-0.3, -0.25) is 0 Å². The minimum Gasteiger partial charge on any atom is -0.476 e. The molecule has 1 aromatic rings. The van der Waals surface area contributed by atoms with Gasteiger partial charge in [0.25, 0.3) is 6.04 Å². The van der Waals surface area contributed by atoms with Crippen LogP contribution in [0.5, 0.6) is 0 Å². The standard InChI is InChI=1S/C13H19NO2/c1-4-10(3)11-6-8-14(9-7-11)12(5-2)13(15)16/h6-10,12H,4-5H2,1-3H3/p+1. The lowest BCUT2D eigenvalue weighted by Gasteiger charge is -2.09. The van der Waals surface area contributed by atoms with Crippen LogP contribution in [-0.2, 0) is 4.79 Å². The summed E-state index contributed by atoms with van der Waals surface area (Å²) in [6, 6.07) is 3.57. The molecule has 0 fully saturated rings. The second-order valence-corrected chi connectivity index (χ2v) is 4.15. The second-order valence-electron chi connectivity index (χ2n) is 4.15. The van der Waals surface area contributed by atoms with Crippen molar-refractivity contribution in [1.82, 2.24) is 0 Å². The van der Waals surface area contributed by atoms with Crippen molar-refractivity contribution in [3.8, 4) is 0 Å². The molecule has 0 spiro atoms. The molecule has 16 heavy (non-hydrogen) atoms. The van der Waals surface area contributed by atoms with Crippen LogP contribution in [0.3, 0.4) is 0 Å². The van der Waals surface area contributed by atoms with Gasteiger partial charge in [-0.1, -0.05) is 20.8 Å². The number of hydrogen-bond acceptors (Lipinski definition) is 1. The Bertz CT molecular complexity index is 345. The summed E-state index contributed by atoms with van der Waals surface area (Å²) in [6.07, 6.45) is 5.43. The van der Waals surface area contributed by atoms with Crippen molar-refractivity contribution in [2.75, 3.05) is 0 Å². The van der Waals surface area contributed by atoms with Crippen molar-refractivity contribution in [1.29, 1.82) is 0 Å². The van der Waals surface area contributed by atoms with Crippen molar-refractivity contribution < 1.29 is 14.5 Å². The zero-order chi connectivity index (χ0) is 12.1. The quantitative estimate of drug-likeness (QED) is 0.778. The molecule has 2 atom stereocenters. The van der Waals surface area contributed by atoms with Gasteiger partial charge in [-0.05, 0) is 17.9 Å². The van der Waals surface area contributed by atoms with Gasteiger partial charge in [0.1, 0.15) is 0 Å². The fourth-order valence-electron chi connectivity index (χ4n) is 1.73. The highest BCUT2D eigenvalue weighted by atomic mass is 16.4. The highest BCUT2D eigenvalue weighted by molar-refractivity contribution is 5.69. The minimum absolute atomic E-state index is 0.453. The van der Waals surface area contributed by atoms with Gasteiger partial charge in [-0.2, -0.15) is 4.57 Å². The van der Waals surface area contributed by atoms with Crippen LogP contribution in [0.25, 0.3) is 0 Å². The second kappa shape index (κ2) is 5.64. The van der Waals surface area contributed by atoms with E-state index in [9.17, 15) is 4.79 Å².